The monoisotopic (exact) mass is 224 g/mol. The minimum absolute atomic E-state index is 0.394. The first-order valence-electron chi connectivity index (χ1n) is 6.81. The number of carbonyl (C=O) groups excluding carboxylic acids is 1. The van der Waals surface area contributed by atoms with E-state index >= 15 is 0 Å². The van der Waals surface area contributed by atoms with Crippen LogP contribution in [0.15, 0.2) is 0 Å². The number of hydrogen-bond acceptors (Lipinski definition) is 2. The van der Waals surface area contributed by atoms with Crippen molar-refractivity contribution in [1.82, 2.24) is 4.90 Å². The Labute approximate surface area is 98.4 Å². The van der Waals surface area contributed by atoms with Gasteiger partial charge in [0.25, 0.3) is 0 Å². The van der Waals surface area contributed by atoms with Crippen LogP contribution in [0.1, 0.15) is 51.4 Å². The molecule has 1 saturated carbocycles. The summed E-state index contributed by atoms with van der Waals surface area (Å²) in [4.78, 5) is 13.8. The Hall–Kier alpha value is -0.570. The van der Waals surface area contributed by atoms with Crippen molar-refractivity contribution in [2.45, 2.75) is 57.4 Å². The van der Waals surface area contributed by atoms with Crippen molar-refractivity contribution in [2.24, 2.45) is 11.7 Å². The first kappa shape index (κ1) is 11.9. The summed E-state index contributed by atoms with van der Waals surface area (Å²) in [6, 6.07) is 0.559. The zero-order valence-electron chi connectivity index (χ0n) is 10.2. The van der Waals surface area contributed by atoms with E-state index in [0.29, 0.717) is 11.9 Å². The Morgan fingerprint density at radius 1 is 1.25 bits per heavy atom. The van der Waals surface area contributed by atoms with Gasteiger partial charge in [0, 0.05) is 19.0 Å². The Morgan fingerprint density at radius 3 is 2.56 bits per heavy atom. The predicted molar refractivity (Wildman–Crippen MR) is 65.0 cm³/mol. The van der Waals surface area contributed by atoms with Crippen molar-refractivity contribution in [3.8, 4) is 0 Å². The largest absolute Gasteiger partial charge is 0.340 e. The van der Waals surface area contributed by atoms with Crippen molar-refractivity contribution in [3.63, 3.8) is 0 Å². The summed E-state index contributed by atoms with van der Waals surface area (Å²) < 4.78 is 0. The van der Waals surface area contributed by atoms with Crippen LogP contribution in [0.4, 0.5) is 0 Å². The Bertz CT molecular complexity index is 234. The second-order valence-corrected chi connectivity index (χ2v) is 5.30. The molecule has 1 saturated heterocycles. The molecular weight excluding hydrogens is 200 g/mol. The third kappa shape index (κ3) is 2.76. The smallest absolute Gasteiger partial charge is 0.222 e. The fraction of sp³-hybridized carbons (Fsp3) is 0.923. The fourth-order valence-electron chi connectivity index (χ4n) is 3.21. The molecule has 0 unspecified atom stereocenters. The van der Waals surface area contributed by atoms with Gasteiger partial charge in [-0.3, -0.25) is 4.79 Å². The van der Waals surface area contributed by atoms with E-state index in [1.807, 2.05) is 0 Å². The lowest BCUT2D eigenvalue weighted by molar-refractivity contribution is -0.130. The molecular formula is C13H24N2O. The van der Waals surface area contributed by atoms with Gasteiger partial charge in [0.2, 0.25) is 5.91 Å². The van der Waals surface area contributed by atoms with Gasteiger partial charge >= 0.3 is 0 Å². The van der Waals surface area contributed by atoms with Gasteiger partial charge < -0.3 is 10.6 Å². The molecule has 1 heterocycles. The summed E-state index contributed by atoms with van der Waals surface area (Å²) in [6.07, 6.45) is 9.36. The van der Waals surface area contributed by atoms with Crippen LogP contribution in [0.3, 0.4) is 0 Å². The van der Waals surface area contributed by atoms with Crippen LogP contribution in [0.2, 0.25) is 0 Å². The van der Waals surface area contributed by atoms with E-state index in [-0.39, 0.29) is 0 Å². The number of rotatable bonds is 4. The van der Waals surface area contributed by atoms with Crippen LogP contribution in [0, 0.1) is 5.92 Å². The number of nitrogens with two attached hydrogens (primary N) is 1. The molecule has 1 amide bonds. The summed E-state index contributed by atoms with van der Waals surface area (Å²) in [5.41, 5.74) is 5.54. The van der Waals surface area contributed by atoms with Gasteiger partial charge in [0.1, 0.15) is 0 Å². The first-order chi connectivity index (χ1) is 7.81. The lowest BCUT2D eigenvalue weighted by atomic mass is 9.83. The standard InChI is InChI=1S/C13H24N2O/c14-9-1-3-11-5-7-12(8-6-11)15-10-2-4-13(15)16/h11-12H,1-10,14H2/t11-,12-. The van der Waals surface area contributed by atoms with Crippen molar-refractivity contribution in [1.29, 1.82) is 0 Å². The molecule has 3 nitrogen and oxygen atoms in total. The SMILES string of the molecule is NCCC[C@H]1CC[C@H](N2CCCC2=O)CC1. The number of amides is 1. The number of nitrogens with zero attached hydrogens (tertiary/aromatic N) is 1. The van der Waals surface area contributed by atoms with Crippen molar-refractivity contribution in [3.05, 3.63) is 0 Å². The molecule has 2 fully saturated rings. The normalized spacial score (nSPS) is 31.1. The second kappa shape index (κ2) is 5.67. The van der Waals surface area contributed by atoms with Crippen LogP contribution >= 0.6 is 0 Å². The molecule has 0 aromatic rings. The molecule has 1 aliphatic heterocycles. The lowest BCUT2D eigenvalue weighted by Gasteiger charge is -2.34. The molecule has 2 N–H and O–H groups in total. The van der Waals surface area contributed by atoms with Crippen LogP contribution in [-0.2, 0) is 4.79 Å². The van der Waals surface area contributed by atoms with Gasteiger partial charge in [0.05, 0.1) is 0 Å². The molecule has 0 radical (unpaired) electrons. The molecule has 92 valence electrons. The molecule has 2 rings (SSSR count). The van der Waals surface area contributed by atoms with Gasteiger partial charge in [0.15, 0.2) is 0 Å². The van der Waals surface area contributed by atoms with Crippen LogP contribution in [0.5, 0.6) is 0 Å². The lowest BCUT2D eigenvalue weighted by Crippen LogP contribution is -2.38. The molecule has 0 aromatic carbocycles. The Balaban J connectivity index is 1.74. The molecule has 0 aromatic heterocycles. The summed E-state index contributed by atoms with van der Waals surface area (Å²) in [5.74, 6) is 1.27. The third-order valence-electron chi connectivity index (χ3n) is 4.18. The van der Waals surface area contributed by atoms with E-state index in [0.717, 1.165) is 38.3 Å². The Morgan fingerprint density at radius 2 is 2.00 bits per heavy atom. The fourth-order valence-corrected chi connectivity index (χ4v) is 3.21. The van der Waals surface area contributed by atoms with Crippen molar-refractivity contribution >= 4 is 5.91 Å². The van der Waals surface area contributed by atoms with Gasteiger partial charge in [-0.15, -0.1) is 0 Å². The van der Waals surface area contributed by atoms with Crippen molar-refractivity contribution in [2.75, 3.05) is 13.1 Å². The molecule has 1 aliphatic carbocycles. The van der Waals surface area contributed by atoms with E-state index in [4.69, 9.17) is 5.73 Å². The molecule has 0 spiro atoms. The van der Waals surface area contributed by atoms with Crippen molar-refractivity contribution < 1.29 is 4.79 Å². The van der Waals surface area contributed by atoms with E-state index < -0.39 is 0 Å². The molecule has 0 atom stereocenters. The topological polar surface area (TPSA) is 46.3 Å². The van der Waals surface area contributed by atoms with E-state index in [1.54, 1.807) is 0 Å². The van der Waals surface area contributed by atoms with Gasteiger partial charge in [-0.25, -0.2) is 0 Å². The quantitative estimate of drug-likeness (QED) is 0.793. The van der Waals surface area contributed by atoms with E-state index in [2.05, 4.69) is 4.90 Å². The Kier molecular flexibility index (Phi) is 4.22. The highest BCUT2D eigenvalue weighted by atomic mass is 16.2. The maximum atomic E-state index is 11.6. The predicted octanol–water partition coefficient (Wildman–Crippen LogP) is 1.91. The molecule has 3 heteroatoms. The summed E-state index contributed by atoms with van der Waals surface area (Å²) in [7, 11) is 0. The highest BCUT2D eigenvalue weighted by Gasteiger charge is 2.30. The minimum Gasteiger partial charge on any atom is -0.340 e. The van der Waals surface area contributed by atoms with Crippen LogP contribution in [0.25, 0.3) is 0 Å². The van der Waals surface area contributed by atoms with Gasteiger partial charge in [-0.05, 0) is 57.4 Å². The van der Waals surface area contributed by atoms with Gasteiger partial charge in [-0.1, -0.05) is 0 Å². The maximum Gasteiger partial charge on any atom is 0.222 e. The maximum absolute atomic E-state index is 11.6. The zero-order chi connectivity index (χ0) is 11.4. The summed E-state index contributed by atoms with van der Waals surface area (Å²) in [5, 5.41) is 0. The molecule has 16 heavy (non-hydrogen) atoms. The molecule has 2 aliphatic rings. The molecule has 0 bridgehead atoms. The van der Waals surface area contributed by atoms with Gasteiger partial charge in [-0.2, -0.15) is 0 Å². The number of hydrogen-bond donors (Lipinski definition) is 1. The summed E-state index contributed by atoms with van der Waals surface area (Å²) in [6.45, 7) is 1.83. The van der Waals surface area contributed by atoms with E-state index in [9.17, 15) is 4.79 Å². The first-order valence-corrected chi connectivity index (χ1v) is 6.81. The van der Waals surface area contributed by atoms with Crippen LogP contribution < -0.4 is 5.73 Å². The number of likely N-dealkylation sites (tertiary alicyclic amines) is 1. The summed E-state index contributed by atoms with van der Waals surface area (Å²) >= 11 is 0. The van der Waals surface area contributed by atoms with Crippen LogP contribution in [-0.4, -0.2) is 29.9 Å². The minimum atomic E-state index is 0.394. The highest BCUT2D eigenvalue weighted by Crippen LogP contribution is 2.32. The average molecular weight is 224 g/mol. The number of carbonyl (C=O) groups is 1. The highest BCUT2D eigenvalue weighted by molar-refractivity contribution is 5.78. The second-order valence-electron chi connectivity index (χ2n) is 5.30. The van der Waals surface area contributed by atoms with E-state index in [1.165, 1.54) is 32.1 Å². The third-order valence-corrected chi connectivity index (χ3v) is 4.18. The average Bonchev–Trinajstić information content (AvgIpc) is 2.74. The zero-order valence-corrected chi connectivity index (χ0v) is 10.2.